The number of halogens is 1. The summed E-state index contributed by atoms with van der Waals surface area (Å²) in [6.45, 7) is 6.16. The van der Waals surface area contributed by atoms with E-state index in [1.807, 2.05) is 20.8 Å². The predicted octanol–water partition coefficient (Wildman–Crippen LogP) is 2.93. The van der Waals surface area contributed by atoms with Gasteiger partial charge in [-0.25, -0.2) is 4.39 Å². The minimum absolute atomic E-state index is 0.0657. The summed E-state index contributed by atoms with van der Waals surface area (Å²) in [6, 6.07) is 5.80. The summed E-state index contributed by atoms with van der Waals surface area (Å²) in [5, 5.41) is 6.54. The van der Waals surface area contributed by atoms with Crippen LogP contribution >= 0.6 is 0 Å². The maximum absolute atomic E-state index is 12.8. The van der Waals surface area contributed by atoms with E-state index in [4.69, 9.17) is 4.52 Å². The van der Waals surface area contributed by atoms with Crippen LogP contribution in [0.2, 0.25) is 0 Å². The van der Waals surface area contributed by atoms with Crippen LogP contribution in [0, 0.1) is 11.2 Å². The molecule has 5 nitrogen and oxygen atoms in total. The van der Waals surface area contributed by atoms with Crippen molar-refractivity contribution < 1.29 is 13.7 Å². The maximum atomic E-state index is 12.8. The molecule has 2 aromatic rings. The number of rotatable bonds is 4. The molecule has 1 aromatic heterocycles. The lowest BCUT2D eigenvalue weighted by molar-refractivity contribution is -0.123. The fourth-order valence-corrected chi connectivity index (χ4v) is 1.76. The molecule has 1 heterocycles. The highest BCUT2D eigenvalue weighted by molar-refractivity contribution is 5.76. The molecule has 0 fully saturated rings. The van der Waals surface area contributed by atoms with Crippen molar-refractivity contribution in [3.63, 3.8) is 0 Å². The van der Waals surface area contributed by atoms with Crippen LogP contribution in [0.3, 0.4) is 0 Å². The Bertz CT molecular complexity index is 615. The van der Waals surface area contributed by atoms with Crippen molar-refractivity contribution in [3.8, 4) is 11.4 Å². The van der Waals surface area contributed by atoms with Gasteiger partial charge in [-0.05, 0) is 29.7 Å². The number of amides is 1. The first kappa shape index (κ1) is 15.2. The minimum Gasteiger partial charge on any atom is -0.347 e. The molecule has 0 spiro atoms. The Morgan fingerprint density at radius 1 is 1.29 bits per heavy atom. The lowest BCUT2D eigenvalue weighted by Gasteiger charge is -2.16. The Kier molecular flexibility index (Phi) is 4.35. The number of benzene rings is 1. The zero-order valence-electron chi connectivity index (χ0n) is 12.3. The zero-order valence-corrected chi connectivity index (χ0v) is 12.3. The van der Waals surface area contributed by atoms with Gasteiger partial charge < -0.3 is 9.84 Å². The summed E-state index contributed by atoms with van der Waals surface area (Å²) >= 11 is 0. The molecule has 112 valence electrons. The Hall–Kier alpha value is -2.24. The van der Waals surface area contributed by atoms with Crippen LogP contribution in [0.25, 0.3) is 11.4 Å². The van der Waals surface area contributed by atoms with E-state index in [1.165, 1.54) is 12.1 Å². The average Bonchev–Trinajstić information content (AvgIpc) is 2.84. The predicted molar refractivity (Wildman–Crippen MR) is 75.6 cm³/mol. The molecule has 0 saturated carbocycles. The number of aromatic nitrogens is 2. The second-order valence-electron chi connectivity index (χ2n) is 6.03. The highest BCUT2D eigenvalue weighted by Crippen LogP contribution is 2.18. The number of carbonyl (C=O) groups excluding carboxylic acids is 1. The molecule has 2 rings (SSSR count). The SMILES string of the molecule is CC(C)(C)CC(=O)NCc1nc(-c2ccc(F)cc2)no1. The molecule has 0 bridgehead atoms. The van der Waals surface area contributed by atoms with Crippen LogP contribution in [-0.4, -0.2) is 16.0 Å². The van der Waals surface area contributed by atoms with Gasteiger partial charge in [0, 0.05) is 12.0 Å². The number of hydrogen-bond acceptors (Lipinski definition) is 4. The molecular formula is C15H18FN3O2. The number of nitrogens with one attached hydrogen (secondary N) is 1. The van der Waals surface area contributed by atoms with Gasteiger partial charge in [0.1, 0.15) is 5.82 Å². The molecule has 0 radical (unpaired) electrons. The minimum atomic E-state index is -0.322. The second-order valence-corrected chi connectivity index (χ2v) is 6.03. The van der Waals surface area contributed by atoms with Crippen LogP contribution in [0.15, 0.2) is 28.8 Å². The van der Waals surface area contributed by atoms with E-state index < -0.39 is 0 Å². The lowest BCUT2D eigenvalue weighted by atomic mass is 9.92. The van der Waals surface area contributed by atoms with Gasteiger partial charge in [0.25, 0.3) is 0 Å². The van der Waals surface area contributed by atoms with E-state index in [0.717, 1.165) is 0 Å². The van der Waals surface area contributed by atoms with Gasteiger partial charge in [0.15, 0.2) is 0 Å². The number of nitrogens with zero attached hydrogens (tertiary/aromatic N) is 2. The van der Waals surface area contributed by atoms with Crippen molar-refractivity contribution in [2.75, 3.05) is 0 Å². The highest BCUT2D eigenvalue weighted by Gasteiger charge is 2.16. The van der Waals surface area contributed by atoms with Gasteiger partial charge in [0.2, 0.25) is 17.6 Å². The van der Waals surface area contributed by atoms with Crippen LogP contribution in [0.4, 0.5) is 4.39 Å². The fourth-order valence-electron chi connectivity index (χ4n) is 1.76. The molecule has 1 N–H and O–H groups in total. The molecule has 0 aliphatic carbocycles. The Labute approximate surface area is 122 Å². The third-order valence-electron chi connectivity index (χ3n) is 2.70. The van der Waals surface area contributed by atoms with E-state index in [-0.39, 0.29) is 23.7 Å². The summed E-state index contributed by atoms with van der Waals surface area (Å²) in [5.74, 6) is 0.299. The highest BCUT2D eigenvalue weighted by atomic mass is 19.1. The largest absolute Gasteiger partial charge is 0.347 e. The fraction of sp³-hybridized carbons (Fsp3) is 0.400. The van der Waals surface area contributed by atoms with Gasteiger partial charge >= 0.3 is 0 Å². The summed E-state index contributed by atoms with van der Waals surface area (Å²) < 4.78 is 17.9. The first-order valence-electron chi connectivity index (χ1n) is 6.69. The summed E-state index contributed by atoms with van der Waals surface area (Å²) in [4.78, 5) is 15.9. The molecule has 0 unspecified atom stereocenters. The van der Waals surface area contributed by atoms with Gasteiger partial charge in [-0.1, -0.05) is 25.9 Å². The maximum Gasteiger partial charge on any atom is 0.246 e. The summed E-state index contributed by atoms with van der Waals surface area (Å²) in [5.41, 5.74) is 0.588. The van der Waals surface area contributed by atoms with Crippen molar-refractivity contribution >= 4 is 5.91 Å². The third kappa shape index (κ3) is 4.66. The molecular weight excluding hydrogens is 273 g/mol. The van der Waals surface area contributed by atoms with Gasteiger partial charge in [-0.15, -0.1) is 0 Å². The monoisotopic (exact) mass is 291 g/mol. The van der Waals surface area contributed by atoms with Crippen LogP contribution in [-0.2, 0) is 11.3 Å². The summed E-state index contributed by atoms with van der Waals surface area (Å²) in [6.07, 6.45) is 0.423. The molecule has 21 heavy (non-hydrogen) atoms. The molecule has 0 aliphatic heterocycles. The average molecular weight is 291 g/mol. The quantitative estimate of drug-likeness (QED) is 0.940. The first-order chi connectivity index (χ1) is 9.83. The first-order valence-corrected chi connectivity index (χ1v) is 6.69. The Balaban J connectivity index is 1.94. The second kappa shape index (κ2) is 6.03. The van der Waals surface area contributed by atoms with E-state index >= 15 is 0 Å². The Morgan fingerprint density at radius 3 is 2.57 bits per heavy atom. The molecule has 1 amide bonds. The van der Waals surface area contributed by atoms with Crippen molar-refractivity contribution in [2.45, 2.75) is 33.7 Å². The lowest BCUT2D eigenvalue weighted by Crippen LogP contribution is -2.27. The standard InChI is InChI=1S/C15H18FN3O2/c1-15(2,3)8-12(20)17-9-13-18-14(19-21-13)10-4-6-11(16)7-5-10/h4-7H,8-9H2,1-3H3,(H,17,20). The molecule has 0 saturated heterocycles. The van der Waals surface area contributed by atoms with E-state index in [2.05, 4.69) is 15.5 Å². The molecule has 0 aliphatic rings. The van der Waals surface area contributed by atoms with E-state index in [1.54, 1.807) is 12.1 Å². The van der Waals surface area contributed by atoms with Crippen molar-refractivity contribution in [2.24, 2.45) is 5.41 Å². The number of carbonyl (C=O) groups is 1. The van der Waals surface area contributed by atoms with Gasteiger partial charge in [-0.3, -0.25) is 4.79 Å². The summed E-state index contributed by atoms with van der Waals surface area (Å²) in [7, 11) is 0. The molecule has 0 atom stereocenters. The molecule has 1 aromatic carbocycles. The smallest absolute Gasteiger partial charge is 0.246 e. The van der Waals surface area contributed by atoms with E-state index in [0.29, 0.717) is 23.7 Å². The topological polar surface area (TPSA) is 68.0 Å². The zero-order chi connectivity index (χ0) is 15.5. The Morgan fingerprint density at radius 2 is 1.95 bits per heavy atom. The van der Waals surface area contributed by atoms with E-state index in [9.17, 15) is 9.18 Å². The molecule has 6 heteroatoms. The van der Waals surface area contributed by atoms with Crippen LogP contribution in [0.5, 0.6) is 0 Å². The normalized spacial score (nSPS) is 11.4. The third-order valence-corrected chi connectivity index (χ3v) is 2.70. The van der Waals surface area contributed by atoms with Crippen LogP contribution < -0.4 is 5.32 Å². The van der Waals surface area contributed by atoms with Crippen LogP contribution in [0.1, 0.15) is 33.1 Å². The van der Waals surface area contributed by atoms with Gasteiger partial charge in [0.05, 0.1) is 6.54 Å². The van der Waals surface area contributed by atoms with Crippen molar-refractivity contribution in [3.05, 3.63) is 36.0 Å². The van der Waals surface area contributed by atoms with Gasteiger partial charge in [-0.2, -0.15) is 4.98 Å². The van der Waals surface area contributed by atoms with Crippen molar-refractivity contribution in [1.82, 2.24) is 15.5 Å². The number of hydrogen-bond donors (Lipinski definition) is 1. The van der Waals surface area contributed by atoms with Crippen molar-refractivity contribution in [1.29, 1.82) is 0 Å².